The van der Waals surface area contributed by atoms with Gasteiger partial charge in [-0.2, -0.15) is 0 Å². The van der Waals surface area contributed by atoms with E-state index in [1.165, 1.54) is 0 Å². The smallest absolute Gasteiger partial charge is 0.225 e. The third-order valence-electron chi connectivity index (χ3n) is 4.85. The van der Waals surface area contributed by atoms with Gasteiger partial charge in [0.1, 0.15) is 18.1 Å². The molecule has 1 aromatic carbocycles. The number of anilines is 1. The molecule has 0 spiro atoms. The minimum Gasteiger partial charge on any atom is -0.497 e. The Balaban J connectivity index is 1.38. The molecule has 0 unspecified atom stereocenters. The summed E-state index contributed by atoms with van der Waals surface area (Å²) >= 11 is 0. The van der Waals surface area contributed by atoms with E-state index in [0.717, 1.165) is 54.8 Å². The molecular weight excluding hydrogens is 356 g/mol. The number of benzene rings is 1. The molecule has 3 rings (SSSR count). The van der Waals surface area contributed by atoms with Gasteiger partial charge >= 0.3 is 0 Å². The predicted molar refractivity (Wildman–Crippen MR) is 108 cm³/mol. The molecule has 7 nitrogen and oxygen atoms in total. The van der Waals surface area contributed by atoms with Crippen LogP contribution in [0.4, 0.5) is 5.95 Å². The number of nitrogens with zero attached hydrogens (tertiary/aromatic N) is 3. The number of nitrogens with one attached hydrogen (secondary N) is 1. The molecule has 0 atom stereocenters. The van der Waals surface area contributed by atoms with Gasteiger partial charge < -0.3 is 19.7 Å². The lowest BCUT2D eigenvalue weighted by Gasteiger charge is -2.31. The van der Waals surface area contributed by atoms with Crippen molar-refractivity contribution in [1.82, 2.24) is 15.3 Å². The second-order valence-electron chi connectivity index (χ2n) is 7.03. The van der Waals surface area contributed by atoms with Crippen LogP contribution in [0.5, 0.6) is 11.5 Å². The van der Waals surface area contributed by atoms with Gasteiger partial charge in [-0.15, -0.1) is 0 Å². The second-order valence-corrected chi connectivity index (χ2v) is 7.03. The third kappa shape index (κ3) is 5.34. The first kappa shape index (κ1) is 19.9. The minimum absolute atomic E-state index is 0.0307. The monoisotopic (exact) mass is 384 g/mol. The van der Waals surface area contributed by atoms with Crippen molar-refractivity contribution >= 4 is 11.9 Å². The molecule has 2 aromatic rings. The van der Waals surface area contributed by atoms with Crippen LogP contribution in [-0.2, 0) is 4.79 Å². The average molecular weight is 384 g/mol. The molecule has 1 saturated heterocycles. The van der Waals surface area contributed by atoms with Crippen LogP contribution in [-0.4, -0.2) is 49.2 Å². The fraction of sp³-hybridized carbons (Fsp3) is 0.476. The van der Waals surface area contributed by atoms with Gasteiger partial charge in [-0.3, -0.25) is 4.79 Å². The minimum atomic E-state index is 0.0307. The number of hydrogen-bond acceptors (Lipinski definition) is 6. The lowest BCUT2D eigenvalue weighted by Crippen LogP contribution is -2.42. The number of aromatic nitrogens is 2. The summed E-state index contributed by atoms with van der Waals surface area (Å²) in [6.07, 6.45) is 1.61. The van der Waals surface area contributed by atoms with Crippen molar-refractivity contribution in [2.45, 2.75) is 26.7 Å². The topological polar surface area (TPSA) is 76.6 Å². The first-order chi connectivity index (χ1) is 13.5. The lowest BCUT2D eigenvalue weighted by atomic mass is 9.96. The summed E-state index contributed by atoms with van der Waals surface area (Å²) in [5.74, 6) is 2.45. The molecule has 0 saturated carbocycles. The van der Waals surface area contributed by atoms with Gasteiger partial charge in [0.05, 0.1) is 13.7 Å². The van der Waals surface area contributed by atoms with Crippen molar-refractivity contribution < 1.29 is 14.3 Å². The van der Waals surface area contributed by atoms with E-state index < -0.39 is 0 Å². The molecule has 28 heavy (non-hydrogen) atoms. The zero-order valence-corrected chi connectivity index (χ0v) is 16.8. The molecule has 1 N–H and O–H groups in total. The van der Waals surface area contributed by atoms with E-state index in [1.54, 1.807) is 7.11 Å². The first-order valence-corrected chi connectivity index (χ1v) is 9.67. The molecule has 1 aliphatic rings. The van der Waals surface area contributed by atoms with E-state index >= 15 is 0 Å². The van der Waals surface area contributed by atoms with Gasteiger partial charge in [0, 0.05) is 30.4 Å². The number of rotatable bonds is 7. The highest BCUT2D eigenvalue weighted by atomic mass is 16.5. The van der Waals surface area contributed by atoms with Crippen LogP contribution >= 0.6 is 0 Å². The van der Waals surface area contributed by atoms with Crippen LogP contribution in [0, 0.1) is 19.8 Å². The highest BCUT2D eigenvalue weighted by molar-refractivity contribution is 5.78. The maximum Gasteiger partial charge on any atom is 0.225 e. The van der Waals surface area contributed by atoms with E-state index in [9.17, 15) is 4.79 Å². The SMILES string of the molecule is COc1ccc(OCCNC(=O)C2CCN(c3nc(C)cc(C)n3)CC2)cc1. The largest absolute Gasteiger partial charge is 0.497 e. The molecule has 0 bridgehead atoms. The van der Waals surface area contributed by atoms with Gasteiger partial charge in [0.15, 0.2) is 0 Å². The summed E-state index contributed by atoms with van der Waals surface area (Å²) in [7, 11) is 1.63. The Hall–Kier alpha value is -2.83. The predicted octanol–water partition coefficient (Wildman–Crippen LogP) is 2.51. The lowest BCUT2D eigenvalue weighted by molar-refractivity contribution is -0.125. The summed E-state index contributed by atoms with van der Waals surface area (Å²) in [6.45, 7) is 6.48. The molecule has 150 valence electrons. The number of piperidine rings is 1. The van der Waals surface area contributed by atoms with Crippen molar-refractivity contribution in [3.05, 3.63) is 41.7 Å². The number of carbonyl (C=O) groups excluding carboxylic acids is 1. The number of hydrogen-bond donors (Lipinski definition) is 1. The third-order valence-corrected chi connectivity index (χ3v) is 4.85. The van der Waals surface area contributed by atoms with E-state index in [1.807, 2.05) is 44.2 Å². The van der Waals surface area contributed by atoms with Crippen molar-refractivity contribution in [3.63, 3.8) is 0 Å². The summed E-state index contributed by atoms with van der Waals surface area (Å²) in [5, 5.41) is 2.98. The van der Waals surface area contributed by atoms with Gasteiger partial charge in [0.25, 0.3) is 0 Å². The maximum absolute atomic E-state index is 12.4. The molecule has 1 aliphatic heterocycles. The molecule has 1 aromatic heterocycles. The molecule has 0 aliphatic carbocycles. The van der Waals surface area contributed by atoms with Crippen molar-refractivity contribution in [1.29, 1.82) is 0 Å². The standard InChI is InChI=1S/C21H28N4O3/c1-15-14-16(2)24-21(23-15)25-11-8-17(9-12-25)20(26)22-10-13-28-19-6-4-18(27-3)5-7-19/h4-7,14,17H,8-13H2,1-3H3,(H,22,26). The van der Waals surface area contributed by atoms with Crippen LogP contribution in [0.15, 0.2) is 30.3 Å². The Morgan fingerprint density at radius 2 is 1.71 bits per heavy atom. The van der Waals surface area contributed by atoms with Gasteiger partial charge in [-0.05, 0) is 57.0 Å². The Bertz CT molecular complexity index is 766. The number of methoxy groups -OCH3 is 1. The summed E-state index contributed by atoms with van der Waals surface area (Å²) in [4.78, 5) is 23.6. The fourth-order valence-electron chi connectivity index (χ4n) is 3.35. The normalized spacial score (nSPS) is 14.6. The quantitative estimate of drug-likeness (QED) is 0.739. The van der Waals surface area contributed by atoms with Crippen LogP contribution < -0.4 is 19.7 Å². The van der Waals surface area contributed by atoms with Crippen molar-refractivity contribution in [2.75, 3.05) is 38.3 Å². The molecule has 7 heteroatoms. The van der Waals surface area contributed by atoms with Gasteiger partial charge in [0.2, 0.25) is 11.9 Å². The number of carbonyl (C=O) groups is 1. The Labute approximate surface area is 166 Å². The summed E-state index contributed by atoms with van der Waals surface area (Å²) in [5.41, 5.74) is 1.94. The van der Waals surface area contributed by atoms with E-state index in [0.29, 0.717) is 13.2 Å². The maximum atomic E-state index is 12.4. The number of aryl methyl sites for hydroxylation is 2. The van der Waals surface area contributed by atoms with Crippen LogP contribution in [0.2, 0.25) is 0 Å². The Morgan fingerprint density at radius 3 is 2.32 bits per heavy atom. The Morgan fingerprint density at radius 1 is 1.11 bits per heavy atom. The summed E-state index contributed by atoms with van der Waals surface area (Å²) < 4.78 is 10.8. The number of amides is 1. The molecule has 1 fully saturated rings. The van der Waals surface area contributed by atoms with Crippen LogP contribution in [0.3, 0.4) is 0 Å². The molecular formula is C21H28N4O3. The Kier molecular flexibility index (Phi) is 6.68. The van der Waals surface area contributed by atoms with Gasteiger partial charge in [-0.1, -0.05) is 0 Å². The summed E-state index contributed by atoms with van der Waals surface area (Å²) in [6, 6.07) is 9.37. The zero-order chi connectivity index (χ0) is 19.9. The average Bonchev–Trinajstić information content (AvgIpc) is 2.71. The van der Waals surface area contributed by atoms with E-state index in [2.05, 4.69) is 20.2 Å². The molecule has 2 heterocycles. The van der Waals surface area contributed by atoms with E-state index in [4.69, 9.17) is 9.47 Å². The first-order valence-electron chi connectivity index (χ1n) is 9.67. The highest BCUT2D eigenvalue weighted by Crippen LogP contribution is 2.21. The zero-order valence-electron chi connectivity index (χ0n) is 16.8. The van der Waals surface area contributed by atoms with Crippen LogP contribution in [0.25, 0.3) is 0 Å². The van der Waals surface area contributed by atoms with Crippen molar-refractivity contribution in [3.8, 4) is 11.5 Å². The molecule has 0 radical (unpaired) electrons. The van der Waals surface area contributed by atoms with E-state index in [-0.39, 0.29) is 11.8 Å². The highest BCUT2D eigenvalue weighted by Gasteiger charge is 2.26. The number of ether oxygens (including phenoxy) is 2. The second kappa shape index (κ2) is 9.39. The molecule has 1 amide bonds. The van der Waals surface area contributed by atoms with Gasteiger partial charge in [-0.25, -0.2) is 9.97 Å². The van der Waals surface area contributed by atoms with Crippen LogP contribution in [0.1, 0.15) is 24.2 Å². The van der Waals surface area contributed by atoms with Crippen molar-refractivity contribution in [2.24, 2.45) is 5.92 Å². The fourth-order valence-corrected chi connectivity index (χ4v) is 3.35.